The average Bonchev–Trinajstić information content (AvgIpc) is 3.99. The average molecular weight is 815 g/mol. The van der Waals surface area contributed by atoms with E-state index in [-0.39, 0.29) is 0 Å². The Balaban J connectivity index is 1.02. The Morgan fingerprint density at radius 2 is 0.844 bits per heavy atom. The molecule has 0 amide bonds. The largest absolute Gasteiger partial charge is 0.457 e. The number of rotatable bonds is 4. The Bertz CT molecular complexity index is 3840. The summed E-state index contributed by atoms with van der Waals surface area (Å²) in [4.78, 5) is 0. The first-order chi connectivity index (χ1) is 31.8. The molecule has 1 spiro atoms. The van der Waals surface area contributed by atoms with Crippen molar-refractivity contribution in [3.8, 4) is 56.3 Å². The highest BCUT2D eigenvalue weighted by molar-refractivity contribution is 6.11. The van der Waals surface area contributed by atoms with Gasteiger partial charge in [-0.1, -0.05) is 164 Å². The quantitative estimate of drug-likeness (QED) is 0.173. The predicted molar refractivity (Wildman–Crippen MR) is 263 cm³/mol. The van der Waals surface area contributed by atoms with Crippen LogP contribution in [0.4, 0.5) is 0 Å². The van der Waals surface area contributed by atoms with Crippen LogP contribution in [0.2, 0.25) is 0 Å². The molecule has 2 aromatic heterocycles. The maximum Gasteiger partial charge on any atom is 0.132 e. The molecular weight excluding hydrogens is 777 g/mol. The van der Waals surface area contributed by atoms with Crippen LogP contribution in [-0.2, 0) is 5.41 Å². The predicted octanol–water partition coefficient (Wildman–Crippen LogP) is 15.7. The molecule has 1 unspecified atom stereocenters. The monoisotopic (exact) mass is 814 g/mol. The van der Waals surface area contributed by atoms with Crippen LogP contribution >= 0.6 is 0 Å². The molecule has 2 aliphatic rings. The van der Waals surface area contributed by atoms with Crippen molar-refractivity contribution >= 4 is 43.6 Å². The van der Waals surface area contributed by atoms with Crippen LogP contribution in [0.3, 0.4) is 0 Å². The fourth-order valence-corrected chi connectivity index (χ4v) is 11.4. The summed E-state index contributed by atoms with van der Waals surface area (Å²) in [6.07, 6.45) is 0. The summed E-state index contributed by atoms with van der Waals surface area (Å²) < 4.78 is 11.8. The van der Waals surface area contributed by atoms with E-state index in [1.165, 1.54) is 82.6 Å². The summed E-state index contributed by atoms with van der Waals surface area (Å²) in [5.41, 5.74) is 18.5. The van der Waals surface area contributed by atoms with Gasteiger partial charge < -0.3 is 13.9 Å². The Morgan fingerprint density at radius 1 is 0.312 bits per heavy atom. The van der Waals surface area contributed by atoms with Crippen molar-refractivity contribution in [2.24, 2.45) is 0 Å². The Labute approximate surface area is 370 Å². The Kier molecular flexibility index (Phi) is 7.32. The number of hydrogen-bond acceptors (Lipinski definition) is 1. The number of para-hydroxylation sites is 6. The van der Waals surface area contributed by atoms with Crippen LogP contribution in [0.5, 0.6) is 11.5 Å². The molecule has 3 heteroatoms. The molecule has 3 heterocycles. The maximum absolute atomic E-state index is 6.92. The normalized spacial score (nSPS) is 14.8. The second-order valence-electron chi connectivity index (χ2n) is 17.1. The fourth-order valence-electron chi connectivity index (χ4n) is 11.4. The van der Waals surface area contributed by atoms with E-state index in [0.29, 0.717) is 0 Å². The molecular formula is C61H38N2O. The van der Waals surface area contributed by atoms with Gasteiger partial charge in [0.2, 0.25) is 0 Å². The first-order valence-corrected chi connectivity index (χ1v) is 22.1. The number of aromatic nitrogens is 2. The highest BCUT2D eigenvalue weighted by Crippen LogP contribution is 2.64. The summed E-state index contributed by atoms with van der Waals surface area (Å²) >= 11 is 0. The van der Waals surface area contributed by atoms with Gasteiger partial charge in [0.1, 0.15) is 11.5 Å². The lowest BCUT2D eigenvalue weighted by molar-refractivity contribution is 0.436. The lowest BCUT2D eigenvalue weighted by Crippen LogP contribution is -2.32. The number of fused-ring (bicyclic) bond motifs is 15. The molecule has 298 valence electrons. The molecule has 1 aliphatic heterocycles. The van der Waals surface area contributed by atoms with Gasteiger partial charge in [0.25, 0.3) is 0 Å². The zero-order chi connectivity index (χ0) is 41.9. The van der Waals surface area contributed by atoms with Crippen molar-refractivity contribution < 1.29 is 4.74 Å². The number of ether oxygens (including phenoxy) is 1. The molecule has 64 heavy (non-hydrogen) atoms. The molecule has 0 bridgehead atoms. The topological polar surface area (TPSA) is 19.1 Å². The SMILES string of the molecule is c1ccc(-n2c3ccccc3c3cc(-c4ccc5c(c4)C4(c6ccccc6O5)c5ccccc5-c5c(-c6ccccc6-n6c7ccccc7c7ccccc76)cccc54)ccc32)cc1. The first-order valence-electron chi connectivity index (χ1n) is 22.1. The van der Waals surface area contributed by atoms with Gasteiger partial charge >= 0.3 is 0 Å². The molecule has 14 rings (SSSR count). The smallest absolute Gasteiger partial charge is 0.132 e. The van der Waals surface area contributed by atoms with E-state index in [0.717, 1.165) is 39.6 Å². The van der Waals surface area contributed by atoms with Gasteiger partial charge in [0.15, 0.2) is 0 Å². The molecule has 10 aromatic carbocycles. The van der Waals surface area contributed by atoms with Gasteiger partial charge in [-0.15, -0.1) is 0 Å². The second kappa shape index (κ2) is 13.3. The van der Waals surface area contributed by atoms with Crippen LogP contribution < -0.4 is 4.74 Å². The fraction of sp³-hybridized carbons (Fsp3) is 0.0164. The van der Waals surface area contributed by atoms with Gasteiger partial charge in [0.05, 0.1) is 33.2 Å². The second-order valence-corrected chi connectivity index (χ2v) is 17.1. The lowest BCUT2D eigenvalue weighted by atomic mass is 9.65. The Hall–Kier alpha value is -8.40. The van der Waals surface area contributed by atoms with Crippen molar-refractivity contribution in [3.63, 3.8) is 0 Å². The highest BCUT2D eigenvalue weighted by atomic mass is 16.5. The van der Waals surface area contributed by atoms with Gasteiger partial charge in [-0.2, -0.15) is 0 Å². The molecule has 0 N–H and O–H groups in total. The number of hydrogen-bond donors (Lipinski definition) is 0. The minimum absolute atomic E-state index is 0.642. The summed E-state index contributed by atoms with van der Waals surface area (Å²) in [7, 11) is 0. The van der Waals surface area contributed by atoms with E-state index in [2.05, 4.69) is 240 Å². The Morgan fingerprint density at radius 3 is 1.62 bits per heavy atom. The van der Waals surface area contributed by atoms with E-state index in [4.69, 9.17) is 4.74 Å². The minimum Gasteiger partial charge on any atom is -0.457 e. The van der Waals surface area contributed by atoms with Gasteiger partial charge in [-0.25, -0.2) is 0 Å². The molecule has 1 aliphatic carbocycles. The van der Waals surface area contributed by atoms with E-state index in [1.807, 2.05) is 0 Å². The van der Waals surface area contributed by atoms with E-state index >= 15 is 0 Å². The number of benzene rings is 10. The summed E-state index contributed by atoms with van der Waals surface area (Å²) in [5, 5.41) is 4.97. The number of nitrogens with zero attached hydrogens (tertiary/aromatic N) is 2. The van der Waals surface area contributed by atoms with Crippen LogP contribution in [0, 0.1) is 0 Å². The molecule has 0 saturated heterocycles. The van der Waals surface area contributed by atoms with E-state index < -0.39 is 5.41 Å². The summed E-state index contributed by atoms with van der Waals surface area (Å²) in [5.74, 6) is 1.76. The van der Waals surface area contributed by atoms with Crippen molar-refractivity contribution in [2.75, 3.05) is 0 Å². The third-order valence-corrected chi connectivity index (χ3v) is 14.0. The molecule has 1 atom stereocenters. The van der Waals surface area contributed by atoms with E-state index in [1.54, 1.807) is 0 Å². The van der Waals surface area contributed by atoms with Crippen molar-refractivity contribution in [1.82, 2.24) is 9.13 Å². The molecule has 3 nitrogen and oxygen atoms in total. The minimum atomic E-state index is -0.642. The highest BCUT2D eigenvalue weighted by Gasteiger charge is 2.51. The van der Waals surface area contributed by atoms with Gasteiger partial charge in [-0.05, 0) is 106 Å². The van der Waals surface area contributed by atoms with Gasteiger partial charge in [-0.3, -0.25) is 0 Å². The zero-order valence-corrected chi connectivity index (χ0v) is 34.7. The van der Waals surface area contributed by atoms with Crippen molar-refractivity contribution in [3.05, 3.63) is 253 Å². The third kappa shape index (κ3) is 4.70. The van der Waals surface area contributed by atoms with Crippen LogP contribution in [0.1, 0.15) is 22.3 Å². The van der Waals surface area contributed by atoms with E-state index in [9.17, 15) is 0 Å². The zero-order valence-electron chi connectivity index (χ0n) is 34.7. The molecule has 12 aromatic rings. The third-order valence-electron chi connectivity index (χ3n) is 14.0. The van der Waals surface area contributed by atoms with Crippen molar-refractivity contribution in [1.29, 1.82) is 0 Å². The molecule has 0 radical (unpaired) electrons. The molecule has 0 fully saturated rings. The maximum atomic E-state index is 6.92. The summed E-state index contributed by atoms with van der Waals surface area (Å²) in [6, 6.07) is 84.4. The van der Waals surface area contributed by atoms with Crippen LogP contribution in [0.25, 0.3) is 88.4 Å². The van der Waals surface area contributed by atoms with Crippen LogP contribution in [-0.4, -0.2) is 9.13 Å². The first kappa shape index (κ1) is 35.2. The van der Waals surface area contributed by atoms with Crippen molar-refractivity contribution in [2.45, 2.75) is 5.41 Å². The van der Waals surface area contributed by atoms with Crippen LogP contribution in [0.15, 0.2) is 231 Å². The summed E-state index contributed by atoms with van der Waals surface area (Å²) in [6.45, 7) is 0. The van der Waals surface area contributed by atoms with Gasteiger partial charge in [0, 0.05) is 43.9 Å². The standard InChI is InChI=1S/C61H38N2O/c1-2-17-41(18-3-1)62-53-28-11-8-22-45(53)48-37-39(33-35-57(48)62)40-34-36-59-52(38-40)61(50-26-10-15-32-58(50)64-59)49-25-9-4-23-47(49)60-46(24-16-27-51(60)61)44-21-7-14-31-56(44)63-54-29-12-5-19-42(54)43-20-6-13-30-55(43)63/h1-38H. The molecule has 0 saturated carbocycles. The lowest BCUT2D eigenvalue weighted by Gasteiger charge is -2.39.